The van der Waals surface area contributed by atoms with Gasteiger partial charge in [-0.2, -0.15) is 8.61 Å². The standard InChI is InChI=1S/C44H70N4O17S5.C34H47NO5.C5H12O.2C4H11NO5S2/c1-9-16-46(6)68(55,56)39-30-38(45-33(2)11-10-19-61-20-21-62-22-23-63-24-25-64-26-27-65-32-44(3,4)5)34-12-13-36-40(69(57,58)47(7)17-28-66(49,50)51)31-41(37-15-14-35(39)42(34)43(36)37)70(59,60)48(8)18-29-67(52,53)54;1-26(7-6-16-36-17-18-37-19-20-38-21-22-39-23-24-40-25-34(2,3)4)35-31-15-13-29-11-10-27-8-5-9-28-12-14-30(31)33(29)32(27)28;1-5(2,3)6-4;2*1-5(11(2,6)7)3-4-12(8,9)10/h12-15,30-31,33,45H,9-11,16-29,32H2,1-8H3,(H,49,50,51)(H,52,53,54);5,8-15,26,35H,6-7,16-25H2,1-4H3;1-4H3;2*3-4H2,1-2H3,(H,8,9,10)/p-4. The fourth-order valence-corrected chi connectivity index (χ4v) is 20.8. The van der Waals surface area contributed by atoms with Crippen LogP contribution in [-0.2, 0) is 143 Å². The van der Waals surface area contributed by atoms with E-state index in [0.717, 1.165) is 67.3 Å². The first-order valence-corrected chi connectivity index (χ1v) is 59.9. The Bertz CT molecular complexity index is 6050. The molecule has 8 aromatic carbocycles. The molecular weight excluding hydrogens is 2010 g/mol. The summed E-state index contributed by atoms with van der Waals surface area (Å²) in [6.45, 7) is 33.4. The fraction of sp³-hybridized carbons (Fsp3) is 0.648. The van der Waals surface area contributed by atoms with E-state index in [4.69, 9.17) is 52.1 Å². The molecular formula is C91H147N7O33S9-4. The molecule has 0 aromatic heterocycles. The number of anilines is 2. The summed E-state index contributed by atoms with van der Waals surface area (Å²) in [6.07, 6.45) is 5.54. The lowest BCUT2D eigenvalue weighted by Gasteiger charge is -2.26. The molecule has 49 heteroatoms. The van der Waals surface area contributed by atoms with Crippen molar-refractivity contribution in [1.29, 1.82) is 0 Å². The van der Waals surface area contributed by atoms with Crippen LogP contribution in [0.15, 0.2) is 106 Å². The summed E-state index contributed by atoms with van der Waals surface area (Å²) < 4.78 is 324. The van der Waals surface area contributed by atoms with Crippen LogP contribution in [0.4, 0.5) is 11.4 Å². The quantitative estimate of drug-likeness (QED) is 0.0203. The van der Waals surface area contributed by atoms with Crippen LogP contribution in [-0.4, -0.2) is 376 Å². The monoisotopic (exact) mass is 2150 g/mol. The van der Waals surface area contributed by atoms with E-state index < -0.39 is 136 Å². The average molecular weight is 2160 g/mol. The van der Waals surface area contributed by atoms with Crippen molar-refractivity contribution in [3.63, 3.8) is 0 Å². The molecule has 140 heavy (non-hydrogen) atoms. The van der Waals surface area contributed by atoms with E-state index in [1.165, 1.54) is 87.7 Å². The summed E-state index contributed by atoms with van der Waals surface area (Å²) in [5.41, 5.74) is 1.87. The maximum atomic E-state index is 14.4. The van der Waals surface area contributed by atoms with Crippen molar-refractivity contribution in [3.8, 4) is 0 Å². The lowest BCUT2D eigenvalue weighted by atomic mass is 9.93. The van der Waals surface area contributed by atoms with E-state index in [-0.39, 0.29) is 73.9 Å². The Morgan fingerprint density at radius 3 is 0.893 bits per heavy atom. The summed E-state index contributed by atoms with van der Waals surface area (Å²) >= 11 is 0. The number of nitrogens with one attached hydrogen (secondary N) is 2. The molecule has 0 aliphatic rings. The van der Waals surface area contributed by atoms with Crippen molar-refractivity contribution >= 4 is 167 Å². The maximum absolute atomic E-state index is 14.4. The zero-order chi connectivity index (χ0) is 106. The largest absolute Gasteiger partial charge is 0.748 e. The third-order valence-electron chi connectivity index (χ3n) is 21.0. The number of ether oxygens (including phenoxy) is 11. The van der Waals surface area contributed by atoms with Gasteiger partial charge in [-0.25, -0.2) is 88.7 Å². The smallest absolute Gasteiger partial charge is 0.243 e. The zero-order valence-corrected chi connectivity index (χ0v) is 91.6. The van der Waals surface area contributed by atoms with Crippen molar-refractivity contribution in [2.75, 3.05) is 253 Å². The van der Waals surface area contributed by atoms with Gasteiger partial charge in [-0.1, -0.05) is 121 Å². The van der Waals surface area contributed by atoms with Crippen LogP contribution in [0.5, 0.6) is 0 Å². The zero-order valence-electron chi connectivity index (χ0n) is 84.2. The van der Waals surface area contributed by atoms with Gasteiger partial charge in [0, 0.05) is 149 Å². The van der Waals surface area contributed by atoms with Gasteiger partial charge in [0.05, 0.1) is 215 Å². The van der Waals surface area contributed by atoms with Gasteiger partial charge in [0.2, 0.25) is 50.1 Å². The Hall–Kier alpha value is -5.81. The SMILES string of the molecule is CC(CCCOCCOCCOCCOCCOCC(C)(C)C)Nc1ccc2ccc3cccc4ccc1c2c34.CCCN(C)S(=O)(=O)c1cc(NC(C)CCCOCCOCCOCCOCCOCC(C)(C)C)c2ccc3c(S(=O)(=O)N(C)CCS(=O)(=O)[O-])cc(S(=O)(=O)N(C)CCS(=O)(=O)[O-])c4ccc1c2c34.CN(CCS(=O)(=O)[O-])S(C)(=O)=O.CN(CCS(=O)(=O)[O-])S(C)(=O)=O.COC(C)(C)C. The van der Waals surface area contributed by atoms with Crippen LogP contribution in [0.2, 0.25) is 0 Å². The number of benzene rings is 8. The van der Waals surface area contributed by atoms with Gasteiger partial charge >= 0.3 is 0 Å². The van der Waals surface area contributed by atoms with Crippen LogP contribution >= 0.6 is 0 Å². The van der Waals surface area contributed by atoms with E-state index in [1.807, 2.05) is 27.7 Å². The Balaban J connectivity index is 0.000000481. The predicted molar refractivity (Wildman–Crippen MR) is 542 cm³/mol. The number of nitrogens with zero attached hydrogens (tertiary/aromatic N) is 5. The highest BCUT2D eigenvalue weighted by Crippen LogP contribution is 2.47. The molecule has 2 atom stereocenters. The maximum Gasteiger partial charge on any atom is 0.243 e. The molecule has 0 saturated carbocycles. The number of sulfonamides is 5. The molecule has 8 rings (SSSR count). The first-order chi connectivity index (χ1) is 64.8. The normalized spacial score (nSPS) is 13.6. The van der Waals surface area contributed by atoms with Gasteiger partial charge in [0.15, 0.2) is 0 Å². The average Bonchev–Trinajstić information content (AvgIpc) is 0.697. The van der Waals surface area contributed by atoms with Crippen LogP contribution in [0, 0.1) is 10.8 Å². The lowest BCUT2D eigenvalue weighted by molar-refractivity contribution is -0.0170. The molecule has 0 radical (unpaired) electrons. The molecule has 0 aliphatic carbocycles. The predicted octanol–water partition coefficient (Wildman–Crippen LogP) is 9.23. The molecule has 40 nitrogen and oxygen atoms in total. The number of methoxy groups -OCH3 is 1. The lowest BCUT2D eigenvalue weighted by Crippen LogP contribution is -2.33. The highest BCUT2D eigenvalue weighted by molar-refractivity contribution is 7.91. The van der Waals surface area contributed by atoms with Crippen LogP contribution in [0.25, 0.3) is 64.6 Å². The number of rotatable bonds is 60. The van der Waals surface area contributed by atoms with E-state index in [0.29, 0.717) is 164 Å². The third kappa shape index (κ3) is 46.5. The Labute approximate surface area is 831 Å². The molecule has 0 fully saturated rings. The van der Waals surface area contributed by atoms with E-state index in [9.17, 15) is 94.0 Å². The highest BCUT2D eigenvalue weighted by atomic mass is 32.2. The molecule has 2 N–H and O–H groups in total. The van der Waals surface area contributed by atoms with E-state index in [2.05, 4.69) is 114 Å². The summed E-state index contributed by atoms with van der Waals surface area (Å²) in [7, 11) is -31.6. The molecule has 0 spiro atoms. The Morgan fingerprint density at radius 2 is 0.579 bits per heavy atom. The van der Waals surface area contributed by atoms with Gasteiger partial charge in [0.25, 0.3) is 0 Å². The second-order valence-corrected chi connectivity index (χ2v) is 53.2. The van der Waals surface area contributed by atoms with Gasteiger partial charge in [-0.05, 0) is 123 Å². The Kier molecular flexibility index (Phi) is 52.5. The van der Waals surface area contributed by atoms with Crippen molar-refractivity contribution in [3.05, 3.63) is 91.0 Å². The molecule has 0 amide bonds. The van der Waals surface area contributed by atoms with Gasteiger partial charge in [-0.15, -0.1) is 0 Å². The van der Waals surface area contributed by atoms with E-state index in [1.54, 1.807) is 20.1 Å². The van der Waals surface area contributed by atoms with Crippen molar-refractivity contribution < 1.29 is 146 Å². The summed E-state index contributed by atoms with van der Waals surface area (Å²) in [4.78, 5) is -1.42. The van der Waals surface area contributed by atoms with Gasteiger partial charge in [0.1, 0.15) is 0 Å². The molecule has 0 saturated heterocycles. The van der Waals surface area contributed by atoms with E-state index >= 15 is 0 Å². The molecule has 8 aromatic rings. The molecule has 0 aliphatic heterocycles. The summed E-state index contributed by atoms with van der Waals surface area (Å²) in [5, 5.41) is 15.7. The minimum absolute atomic E-state index is 0.0134. The Morgan fingerprint density at radius 1 is 0.321 bits per heavy atom. The minimum atomic E-state index is -4.90. The third-order valence-corrected chi connectivity index (χ3v) is 32.0. The molecule has 2 unspecified atom stereocenters. The van der Waals surface area contributed by atoms with Gasteiger partial charge < -0.3 is 81.0 Å². The van der Waals surface area contributed by atoms with Crippen molar-refractivity contribution in [2.45, 2.75) is 148 Å². The van der Waals surface area contributed by atoms with Crippen LogP contribution in [0.1, 0.15) is 115 Å². The van der Waals surface area contributed by atoms with Gasteiger partial charge in [-0.3, -0.25) is 0 Å². The van der Waals surface area contributed by atoms with Crippen LogP contribution in [0.3, 0.4) is 0 Å². The first kappa shape index (κ1) is 126. The second-order valence-electron chi connectivity index (χ2n) is 36.8. The summed E-state index contributed by atoms with van der Waals surface area (Å²) in [5.74, 6) is -3.60. The topological polar surface area (TPSA) is 541 Å². The minimum Gasteiger partial charge on any atom is -0.748 e. The van der Waals surface area contributed by atoms with Crippen molar-refractivity contribution in [2.24, 2.45) is 10.8 Å². The first-order valence-electron chi connectivity index (χ1n) is 45.5. The van der Waals surface area contributed by atoms with Crippen molar-refractivity contribution in [1.82, 2.24) is 21.5 Å². The molecule has 802 valence electrons. The molecule has 0 heterocycles. The number of hydrogen-bond acceptors (Lipinski definition) is 35. The highest BCUT2D eigenvalue weighted by Gasteiger charge is 2.35. The fourth-order valence-electron chi connectivity index (χ4n) is 13.2. The van der Waals surface area contributed by atoms with Crippen LogP contribution < -0.4 is 10.6 Å². The second kappa shape index (κ2) is 58.1. The summed E-state index contributed by atoms with van der Waals surface area (Å²) in [6, 6.07) is 28.1. The number of hydrogen-bond donors (Lipinski definition) is 2. The molecule has 0 bridgehead atoms.